The van der Waals surface area contributed by atoms with Crippen LogP contribution in [0.4, 0.5) is 4.79 Å². The number of carbonyl (C=O) groups is 3. The van der Waals surface area contributed by atoms with Gasteiger partial charge in [-0.3, -0.25) is 9.69 Å². The summed E-state index contributed by atoms with van der Waals surface area (Å²) >= 11 is 0. The number of hydrogen-bond acceptors (Lipinski definition) is 7. The molecular formula is C33H36N2O8. The fraction of sp³-hybridized carbons (Fsp3) is 0.364. The Hall–Kier alpha value is -4.41. The molecule has 0 saturated carbocycles. The highest BCUT2D eigenvalue weighted by Gasteiger charge is 2.32. The molecule has 1 aliphatic carbocycles. The zero-order chi connectivity index (χ0) is 30.3. The van der Waals surface area contributed by atoms with Crippen LogP contribution in [0.1, 0.15) is 58.6 Å². The molecule has 0 bridgehead atoms. The van der Waals surface area contributed by atoms with E-state index in [0.29, 0.717) is 25.2 Å². The van der Waals surface area contributed by atoms with Gasteiger partial charge in [0.05, 0.1) is 12.7 Å². The van der Waals surface area contributed by atoms with E-state index in [1.807, 2.05) is 36.4 Å². The number of carboxylic acid groups (broad SMARTS) is 1. The number of hydroxylamine groups is 1. The topological polar surface area (TPSA) is 124 Å². The Balaban J connectivity index is 1.18. The molecule has 3 aromatic carbocycles. The molecule has 2 atom stereocenters. The highest BCUT2D eigenvalue weighted by molar-refractivity contribution is 5.96. The Labute approximate surface area is 250 Å². The minimum Gasteiger partial charge on any atom is -0.496 e. The highest BCUT2D eigenvalue weighted by atomic mass is 16.8. The van der Waals surface area contributed by atoms with Gasteiger partial charge in [0.2, 0.25) is 0 Å². The number of ether oxygens (including phenoxy) is 3. The van der Waals surface area contributed by atoms with Crippen LogP contribution < -0.4 is 10.2 Å². The number of methoxy groups -OCH3 is 1. The monoisotopic (exact) mass is 588 g/mol. The molecule has 10 heteroatoms. The smallest absolute Gasteiger partial charge is 0.410 e. The second kappa shape index (κ2) is 13.7. The summed E-state index contributed by atoms with van der Waals surface area (Å²) in [5.74, 6) is -1.42. The molecule has 1 saturated heterocycles. The van der Waals surface area contributed by atoms with Crippen molar-refractivity contribution in [1.29, 1.82) is 0 Å². The third-order valence-electron chi connectivity index (χ3n) is 8.01. The average molecular weight is 589 g/mol. The van der Waals surface area contributed by atoms with Crippen molar-refractivity contribution in [2.24, 2.45) is 0 Å². The van der Waals surface area contributed by atoms with Crippen LogP contribution in [0.3, 0.4) is 0 Å². The number of rotatable bonds is 11. The first kappa shape index (κ1) is 30.1. The van der Waals surface area contributed by atoms with Gasteiger partial charge in [0.1, 0.15) is 18.4 Å². The number of aryl methyl sites for hydroxylation is 1. The number of aliphatic carboxylic acids is 1. The lowest BCUT2D eigenvalue weighted by Gasteiger charge is -2.25. The Kier molecular flexibility index (Phi) is 9.58. The van der Waals surface area contributed by atoms with E-state index in [1.54, 1.807) is 18.2 Å². The van der Waals surface area contributed by atoms with E-state index in [0.717, 1.165) is 45.6 Å². The molecule has 3 aromatic rings. The molecule has 5 rings (SSSR count). The van der Waals surface area contributed by atoms with Crippen molar-refractivity contribution in [2.75, 3.05) is 27.4 Å². The number of carbonyl (C=O) groups excluding carboxylic acids is 2. The lowest BCUT2D eigenvalue weighted by Crippen LogP contribution is -2.43. The summed E-state index contributed by atoms with van der Waals surface area (Å²) in [6, 6.07) is 19.9. The molecule has 1 fully saturated rings. The summed E-state index contributed by atoms with van der Waals surface area (Å²) in [7, 11) is 2.88. The summed E-state index contributed by atoms with van der Waals surface area (Å²) in [4.78, 5) is 44.4. The third kappa shape index (κ3) is 6.81. The van der Waals surface area contributed by atoms with Gasteiger partial charge in [-0.1, -0.05) is 54.6 Å². The third-order valence-corrected chi connectivity index (χ3v) is 8.01. The van der Waals surface area contributed by atoms with E-state index in [9.17, 15) is 19.5 Å². The molecule has 1 heterocycles. The van der Waals surface area contributed by atoms with Gasteiger partial charge in [-0.2, -0.15) is 0 Å². The highest BCUT2D eigenvalue weighted by Crippen LogP contribution is 2.44. The Morgan fingerprint density at radius 2 is 1.72 bits per heavy atom. The molecule has 2 aliphatic rings. The van der Waals surface area contributed by atoms with Gasteiger partial charge in [-0.05, 0) is 65.6 Å². The summed E-state index contributed by atoms with van der Waals surface area (Å²) < 4.78 is 16.6. The van der Waals surface area contributed by atoms with Crippen molar-refractivity contribution in [1.82, 2.24) is 10.4 Å². The van der Waals surface area contributed by atoms with Crippen LogP contribution in [0.2, 0.25) is 0 Å². The number of fused-ring (bicyclic) bond motifs is 3. The molecule has 1 aliphatic heterocycles. The maximum atomic E-state index is 13.0. The molecule has 2 N–H and O–H groups in total. The van der Waals surface area contributed by atoms with Crippen molar-refractivity contribution >= 4 is 18.0 Å². The first-order valence-corrected chi connectivity index (χ1v) is 14.4. The number of carboxylic acids is 1. The van der Waals surface area contributed by atoms with Crippen molar-refractivity contribution in [3.05, 3.63) is 89.0 Å². The van der Waals surface area contributed by atoms with E-state index in [2.05, 4.69) is 17.6 Å². The van der Waals surface area contributed by atoms with E-state index in [1.165, 1.54) is 14.2 Å². The first-order chi connectivity index (χ1) is 20.9. The molecule has 226 valence electrons. The van der Waals surface area contributed by atoms with Gasteiger partial charge >= 0.3 is 12.1 Å². The number of nitrogens with one attached hydrogen (secondary N) is 1. The molecule has 2 amide bonds. The summed E-state index contributed by atoms with van der Waals surface area (Å²) in [6.45, 7) is 0.688. The van der Waals surface area contributed by atoms with Gasteiger partial charge in [0.15, 0.2) is 6.29 Å². The summed E-state index contributed by atoms with van der Waals surface area (Å²) in [5, 5.41) is 9.94. The van der Waals surface area contributed by atoms with Crippen LogP contribution in [-0.4, -0.2) is 67.7 Å². The Morgan fingerprint density at radius 3 is 2.35 bits per heavy atom. The van der Waals surface area contributed by atoms with Gasteiger partial charge in [-0.15, -0.1) is 0 Å². The first-order valence-electron chi connectivity index (χ1n) is 14.4. The van der Waals surface area contributed by atoms with Gasteiger partial charge in [-0.25, -0.2) is 19.9 Å². The minimum atomic E-state index is -1.14. The molecule has 43 heavy (non-hydrogen) atoms. The quantitative estimate of drug-likeness (QED) is 0.295. The lowest BCUT2D eigenvalue weighted by atomic mass is 9.98. The normalized spacial score (nSPS) is 16.5. The maximum absolute atomic E-state index is 13.0. The second-order valence-electron chi connectivity index (χ2n) is 10.7. The van der Waals surface area contributed by atoms with Crippen LogP contribution in [0.25, 0.3) is 11.1 Å². The number of hydrogen-bond donors (Lipinski definition) is 2. The van der Waals surface area contributed by atoms with E-state index >= 15 is 0 Å². The predicted molar refractivity (Wildman–Crippen MR) is 158 cm³/mol. The van der Waals surface area contributed by atoms with Gasteiger partial charge in [0.25, 0.3) is 5.91 Å². The number of nitrogens with zero attached hydrogens (tertiary/aromatic N) is 1. The van der Waals surface area contributed by atoms with Gasteiger partial charge < -0.3 is 19.3 Å². The molecule has 0 spiro atoms. The zero-order valence-electron chi connectivity index (χ0n) is 24.3. The molecule has 2 unspecified atom stereocenters. The lowest BCUT2D eigenvalue weighted by molar-refractivity contribution is -0.186. The number of benzene rings is 3. The van der Waals surface area contributed by atoms with E-state index < -0.39 is 30.3 Å². The van der Waals surface area contributed by atoms with Crippen LogP contribution in [0.5, 0.6) is 5.75 Å². The molecule has 0 aromatic heterocycles. The Morgan fingerprint density at radius 1 is 1.02 bits per heavy atom. The van der Waals surface area contributed by atoms with Crippen molar-refractivity contribution in [3.8, 4) is 16.9 Å². The fourth-order valence-corrected chi connectivity index (χ4v) is 5.67. The van der Waals surface area contributed by atoms with E-state index in [4.69, 9.17) is 19.0 Å². The number of amides is 2. The minimum absolute atomic E-state index is 0.0981. The van der Waals surface area contributed by atoms with Crippen LogP contribution in [0.15, 0.2) is 66.7 Å². The summed E-state index contributed by atoms with van der Waals surface area (Å²) in [5.41, 5.74) is 7.82. The SMILES string of the molecule is COc1cc(CCC(C(=O)O)N(C)C(=O)OCC2c3ccccc3-c3ccccc32)ccc1C(=O)NOC1CCCCO1. The van der Waals surface area contributed by atoms with Crippen LogP contribution in [-0.2, 0) is 25.5 Å². The van der Waals surface area contributed by atoms with Gasteiger partial charge in [0, 0.05) is 26.0 Å². The summed E-state index contributed by atoms with van der Waals surface area (Å²) in [6.07, 6.45) is 1.89. The zero-order valence-corrected chi connectivity index (χ0v) is 24.3. The Bertz CT molecular complexity index is 1420. The average Bonchev–Trinajstić information content (AvgIpc) is 3.36. The standard InChI is InChI=1S/C33H36N2O8/c1-35(33(39)42-20-27-24-11-5-3-9-22(24)23-10-4-6-12-25(23)27)28(32(37)38)17-15-21-14-16-26(29(19-21)40-2)31(36)34-43-30-13-7-8-18-41-30/h3-6,9-12,14,16,19,27-28,30H,7-8,13,15,17-18,20H2,1-2H3,(H,34,36)(H,37,38). The molecule has 10 nitrogen and oxygen atoms in total. The molecular weight excluding hydrogens is 552 g/mol. The van der Waals surface area contributed by atoms with Crippen LogP contribution >= 0.6 is 0 Å². The van der Waals surface area contributed by atoms with Crippen LogP contribution in [0, 0.1) is 0 Å². The largest absolute Gasteiger partial charge is 0.496 e. The fourth-order valence-electron chi connectivity index (χ4n) is 5.67. The van der Waals surface area contributed by atoms with Crippen molar-refractivity contribution in [3.63, 3.8) is 0 Å². The maximum Gasteiger partial charge on any atom is 0.410 e. The second-order valence-corrected chi connectivity index (χ2v) is 10.7. The van der Waals surface area contributed by atoms with Crippen molar-refractivity contribution < 1.29 is 38.5 Å². The molecule has 0 radical (unpaired) electrons. The van der Waals surface area contributed by atoms with E-state index in [-0.39, 0.29) is 24.5 Å². The number of likely N-dealkylation sites (N-methyl/N-ethyl adjacent to an activating group) is 1. The predicted octanol–water partition coefficient (Wildman–Crippen LogP) is 5.15. The van der Waals surface area contributed by atoms with Crippen molar-refractivity contribution in [2.45, 2.75) is 50.4 Å².